The van der Waals surface area contributed by atoms with Crippen molar-refractivity contribution < 1.29 is 9.47 Å². The fourth-order valence-corrected chi connectivity index (χ4v) is 2.56. The van der Waals surface area contributed by atoms with Gasteiger partial charge in [-0.2, -0.15) is 0 Å². The minimum absolute atomic E-state index is 0.119. The number of hydrogen-bond acceptors (Lipinski definition) is 2. The molecule has 0 saturated heterocycles. The molecule has 0 aliphatic heterocycles. The minimum Gasteiger partial charge on any atom is -0.496 e. The number of methoxy groups -OCH3 is 1. The zero-order valence-corrected chi connectivity index (χ0v) is 12.9. The summed E-state index contributed by atoms with van der Waals surface area (Å²) in [5, 5.41) is 0. The SMILES string of the molecule is CCCC(C)OC(CI)c1ccccc1OC. The van der Waals surface area contributed by atoms with Gasteiger partial charge in [-0.05, 0) is 19.4 Å². The van der Waals surface area contributed by atoms with E-state index in [0.29, 0.717) is 6.10 Å². The first-order valence-electron chi connectivity index (χ1n) is 6.07. The van der Waals surface area contributed by atoms with Crippen molar-refractivity contribution in [1.29, 1.82) is 0 Å². The summed E-state index contributed by atoms with van der Waals surface area (Å²) >= 11 is 2.37. The van der Waals surface area contributed by atoms with E-state index in [2.05, 4.69) is 42.5 Å². The molecule has 2 atom stereocenters. The molecular formula is C14H21IO2. The number of halogens is 1. The van der Waals surface area contributed by atoms with Crippen LogP contribution in [0.25, 0.3) is 0 Å². The molecule has 1 aromatic rings. The fourth-order valence-electron chi connectivity index (χ4n) is 1.88. The van der Waals surface area contributed by atoms with E-state index in [-0.39, 0.29) is 6.10 Å². The van der Waals surface area contributed by atoms with Crippen LogP contribution in [-0.4, -0.2) is 17.6 Å². The highest BCUT2D eigenvalue weighted by molar-refractivity contribution is 14.1. The lowest BCUT2D eigenvalue weighted by Crippen LogP contribution is -2.15. The summed E-state index contributed by atoms with van der Waals surface area (Å²) in [7, 11) is 1.71. The highest BCUT2D eigenvalue weighted by Crippen LogP contribution is 2.30. The Morgan fingerprint density at radius 1 is 1.29 bits per heavy atom. The fraction of sp³-hybridized carbons (Fsp3) is 0.571. The van der Waals surface area contributed by atoms with Crippen LogP contribution in [0.5, 0.6) is 5.75 Å². The third-order valence-electron chi connectivity index (χ3n) is 2.72. The Kier molecular flexibility index (Phi) is 6.89. The van der Waals surface area contributed by atoms with Crippen LogP contribution in [0.1, 0.15) is 38.4 Å². The van der Waals surface area contributed by atoms with Crippen LogP contribution in [0.4, 0.5) is 0 Å². The third kappa shape index (κ3) is 4.47. The normalized spacial score (nSPS) is 14.4. The molecule has 0 radical (unpaired) electrons. The topological polar surface area (TPSA) is 18.5 Å². The highest BCUT2D eigenvalue weighted by Gasteiger charge is 2.17. The molecule has 96 valence electrons. The van der Waals surface area contributed by atoms with Gasteiger partial charge in [-0.3, -0.25) is 0 Å². The van der Waals surface area contributed by atoms with Gasteiger partial charge in [0.2, 0.25) is 0 Å². The maximum atomic E-state index is 6.08. The first kappa shape index (κ1) is 14.8. The Hall–Kier alpha value is -0.290. The lowest BCUT2D eigenvalue weighted by molar-refractivity contribution is 0.00573. The van der Waals surface area contributed by atoms with Crippen LogP contribution in [0.15, 0.2) is 24.3 Å². The quantitative estimate of drug-likeness (QED) is 0.538. The van der Waals surface area contributed by atoms with Crippen molar-refractivity contribution in [3.05, 3.63) is 29.8 Å². The van der Waals surface area contributed by atoms with Crippen molar-refractivity contribution in [1.82, 2.24) is 0 Å². The van der Waals surface area contributed by atoms with Gasteiger partial charge in [0, 0.05) is 9.99 Å². The molecule has 2 unspecified atom stereocenters. The predicted octanol–water partition coefficient (Wildman–Crippen LogP) is 4.38. The van der Waals surface area contributed by atoms with E-state index in [1.807, 2.05) is 18.2 Å². The van der Waals surface area contributed by atoms with Crippen LogP contribution in [0.2, 0.25) is 0 Å². The molecule has 0 aliphatic rings. The molecule has 1 aromatic carbocycles. The summed E-state index contributed by atoms with van der Waals surface area (Å²) < 4.78 is 12.4. The number of rotatable bonds is 7. The molecule has 0 aliphatic carbocycles. The Bertz CT molecular complexity index is 328. The lowest BCUT2D eigenvalue weighted by Gasteiger charge is -2.22. The zero-order valence-electron chi connectivity index (χ0n) is 10.8. The Labute approximate surface area is 118 Å². The zero-order chi connectivity index (χ0) is 12.7. The van der Waals surface area contributed by atoms with Crippen LogP contribution >= 0.6 is 22.6 Å². The van der Waals surface area contributed by atoms with Crippen molar-refractivity contribution in [2.24, 2.45) is 0 Å². The molecule has 17 heavy (non-hydrogen) atoms. The number of para-hydroxylation sites is 1. The molecule has 0 bridgehead atoms. The van der Waals surface area contributed by atoms with E-state index in [1.165, 1.54) is 0 Å². The van der Waals surface area contributed by atoms with E-state index in [9.17, 15) is 0 Å². The minimum atomic E-state index is 0.119. The second-order valence-electron chi connectivity index (χ2n) is 4.12. The summed E-state index contributed by atoms with van der Waals surface area (Å²) in [6.07, 6.45) is 2.67. The molecule has 0 N–H and O–H groups in total. The summed E-state index contributed by atoms with van der Waals surface area (Å²) in [5.74, 6) is 0.915. The summed E-state index contributed by atoms with van der Waals surface area (Å²) in [6, 6.07) is 8.09. The Morgan fingerprint density at radius 2 is 2.00 bits per heavy atom. The van der Waals surface area contributed by atoms with Gasteiger partial charge in [-0.25, -0.2) is 0 Å². The molecule has 0 heterocycles. The van der Waals surface area contributed by atoms with E-state index in [0.717, 1.165) is 28.6 Å². The second kappa shape index (κ2) is 7.93. The van der Waals surface area contributed by atoms with E-state index < -0.39 is 0 Å². The Balaban J connectivity index is 2.78. The predicted molar refractivity (Wildman–Crippen MR) is 80.1 cm³/mol. The molecule has 0 amide bonds. The maximum absolute atomic E-state index is 6.08. The van der Waals surface area contributed by atoms with E-state index in [4.69, 9.17) is 9.47 Å². The van der Waals surface area contributed by atoms with Gasteiger partial charge in [0.15, 0.2) is 0 Å². The van der Waals surface area contributed by atoms with Crippen molar-refractivity contribution >= 4 is 22.6 Å². The molecule has 0 fully saturated rings. The van der Waals surface area contributed by atoms with Gasteiger partial charge in [0.25, 0.3) is 0 Å². The molecule has 0 saturated carbocycles. The first-order chi connectivity index (χ1) is 8.22. The van der Waals surface area contributed by atoms with Crippen LogP contribution in [-0.2, 0) is 4.74 Å². The van der Waals surface area contributed by atoms with Crippen LogP contribution in [0, 0.1) is 0 Å². The van der Waals surface area contributed by atoms with Crippen molar-refractivity contribution in [3.63, 3.8) is 0 Å². The van der Waals surface area contributed by atoms with Gasteiger partial charge in [0.1, 0.15) is 5.75 Å². The van der Waals surface area contributed by atoms with Gasteiger partial charge < -0.3 is 9.47 Å². The van der Waals surface area contributed by atoms with E-state index in [1.54, 1.807) is 7.11 Å². The smallest absolute Gasteiger partial charge is 0.124 e. The standard InChI is InChI=1S/C14H21IO2/c1-4-7-11(2)17-14(10-15)12-8-5-6-9-13(12)16-3/h5-6,8-9,11,14H,4,7,10H2,1-3H3. The third-order valence-corrected chi connectivity index (χ3v) is 3.52. The largest absolute Gasteiger partial charge is 0.496 e. The monoisotopic (exact) mass is 348 g/mol. The van der Waals surface area contributed by atoms with Crippen molar-refractivity contribution in [2.45, 2.75) is 38.9 Å². The second-order valence-corrected chi connectivity index (χ2v) is 5.00. The number of ether oxygens (including phenoxy) is 2. The Morgan fingerprint density at radius 3 is 2.59 bits per heavy atom. The molecule has 0 aromatic heterocycles. The van der Waals surface area contributed by atoms with Crippen molar-refractivity contribution in [3.8, 4) is 5.75 Å². The van der Waals surface area contributed by atoms with Crippen LogP contribution < -0.4 is 4.74 Å². The number of alkyl halides is 1. The average Bonchev–Trinajstić information content (AvgIpc) is 2.36. The van der Waals surface area contributed by atoms with Crippen LogP contribution in [0.3, 0.4) is 0 Å². The molecule has 2 nitrogen and oxygen atoms in total. The summed E-state index contributed by atoms with van der Waals surface area (Å²) in [6.45, 7) is 4.32. The van der Waals surface area contributed by atoms with Gasteiger partial charge >= 0.3 is 0 Å². The van der Waals surface area contributed by atoms with Crippen molar-refractivity contribution in [2.75, 3.05) is 11.5 Å². The maximum Gasteiger partial charge on any atom is 0.124 e. The molecule has 1 rings (SSSR count). The number of benzene rings is 1. The molecular weight excluding hydrogens is 327 g/mol. The first-order valence-corrected chi connectivity index (χ1v) is 7.59. The van der Waals surface area contributed by atoms with Gasteiger partial charge in [-0.1, -0.05) is 54.1 Å². The molecule has 3 heteroatoms. The summed E-state index contributed by atoms with van der Waals surface area (Å²) in [4.78, 5) is 0. The summed E-state index contributed by atoms with van der Waals surface area (Å²) in [5.41, 5.74) is 1.15. The van der Waals surface area contributed by atoms with E-state index >= 15 is 0 Å². The lowest BCUT2D eigenvalue weighted by atomic mass is 10.1. The number of hydrogen-bond donors (Lipinski definition) is 0. The van der Waals surface area contributed by atoms with Gasteiger partial charge in [-0.15, -0.1) is 0 Å². The average molecular weight is 348 g/mol. The van der Waals surface area contributed by atoms with Gasteiger partial charge in [0.05, 0.1) is 19.3 Å². The highest BCUT2D eigenvalue weighted by atomic mass is 127. The molecule has 0 spiro atoms.